The van der Waals surface area contributed by atoms with Crippen molar-refractivity contribution >= 4 is 23.1 Å². The molecule has 1 heterocycles. The number of thiophene rings is 1. The highest BCUT2D eigenvalue weighted by molar-refractivity contribution is 7.10. The first kappa shape index (κ1) is 11.9. The molecule has 0 aliphatic rings. The summed E-state index contributed by atoms with van der Waals surface area (Å²) in [5, 5.41) is 1.79. The van der Waals surface area contributed by atoms with Crippen molar-refractivity contribution in [2.45, 2.75) is 20.3 Å². The van der Waals surface area contributed by atoms with E-state index in [2.05, 4.69) is 4.74 Å². The molecule has 1 aromatic rings. The largest absolute Gasteiger partial charge is 0.469 e. The van der Waals surface area contributed by atoms with Crippen LogP contribution in [0.1, 0.15) is 29.1 Å². The van der Waals surface area contributed by atoms with Crippen LogP contribution in [0, 0.1) is 5.92 Å². The van der Waals surface area contributed by atoms with Crippen LogP contribution in [0.15, 0.2) is 11.4 Å². The molecule has 0 atom stereocenters. The number of ether oxygens (including phenoxy) is 1. The minimum absolute atomic E-state index is 0.00873. The molecule has 0 amide bonds. The average molecular weight is 226 g/mol. The zero-order chi connectivity index (χ0) is 11.4. The van der Waals surface area contributed by atoms with Gasteiger partial charge in [0.05, 0.1) is 13.5 Å². The molecular formula is C11H14O3S. The Morgan fingerprint density at radius 2 is 2.13 bits per heavy atom. The molecule has 1 aromatic heterocycles. The molecule has 3 nitrogen and oxygen atoms in total. The van der Waals surface area contributed by atoms with Crippen molar-refractivity contribution < 1.29 is 14.3 Å². The molecule has 15 heavy (non-hydrogen) atoms. The number of esters is 1. The van der Waals surface area contributed by atoms with Gasteiger partial charge in [-0.1, -0.05) is 13.8 Å². The molecule has 0 N–H and O–H groups in total. The highest BCUT2D eigenvalue weighted by Crippen LogP contribution is 2.18. The second kappa shape index (κ2) is 5.07. The molecule has 0 spiro atoms. The lowest BCUT2D eigenvalue weighted by molar-refractivity contribution is -0.139. The van der Waals surface area contributed by atoms with Gasteiger partial charge in [-0.25, -0.2) is 0 Å². The lowest BCUT2D eigenvalue weighted by Crippen LogP contribution is -2.06. The highest BCUT2D eigenvalue weighted by Gasteiger charge is 2.13. The molecule has 0 aliphatic heterocycles. The van der Waals surface area contributed by atoms with Crippen LogP contribution in [0.25, 0.3) is 0 Å². The Labute approximate surface area is 93.1 Å². The SMILES string of the molecule is COC(=O)Cc1cc(C(=O)C(C)C)cs1. The van der Waals surface area contributed by atoms with Crippen molar-refractivity contribution in [1.29, 1.82) is 0 Å². The van der Waals surface area contributed by atoms with E-state index in [0.29, 0.717) is 5.56 Å². The van der Waals surface area contributed by atoms with E-state index >= 15 is 0 Å². The predicted octanol–water partition coefficient (Wildman–Crippen LogP) is 2.30. The third-order valence-electron chi connectivity index (χ3n) is 2.01. The lowest BCUT2D eigenvalue weighted by Gasteiger charge is -1.99. The van der Waals surface area contributed by atoms with E-state index in [0.717, 1.165) is 4.88 Å². The number of carbonyl (C=O) groups excluding carboxylic acids is 2. The van der Waals surface area contributed by atoms with Crippen LogP contribution >= 0.6 is 11.3 Å². The molecule has 0 fully saturated rings. The van der Waals surface area contributed by atoms with Crippen molar-refractivity contribution in [2.75, 3.05) is 7.11 Å². The fourth-order valence-corrected chi connectivity index (χ4v) is 2.01. The maximum Gasteiger partial charge on any atom is 0.310 e. The van der Waals surface area contributed by atoms with Crippen molar-refractivity contribution in [2.24, 2.45) is 5.92 Å². The van der Waals surface area contributed by atoms with Gasteiger partial charge in [-0.3, -0.25) is 9.59 Å². The number of Topliss-reactive ketones (excluding diaryl/α,β-unsaturated/α-hetero) is 1. The van der Waals surface area contributed by atoms with Gasteiger partial charge in [0.1, 0.15) is 0 Å². The van der Waals surface area contributed by atoms with Gasteiger partial charge < -0.3 is 4.74 Å². The summed E-state index contributed by atoms with van der Waals surface area (Å²) < 4.78 is 4.55. The monoisotopic (exact) mass is 226 g/mol. The van der Waals surface area contributed by atoms with Gasteiger partial charge in [-0.15, -0.1) is 11.3 Å². The minimum atomic E-state index is -0.277. The Balaban J connectivity index is 2.72. The molecule has 0 bridgehead atoms. The Morgan fingerprint density at radius 1 is 1.47 bits per heavy atom. The van der Waals surface area contributed by atoms with Crippen LogP contribution in [0.2, 0.25) is 0 Å². The Hall–Kier alpha value is -1.16. The number of methoxy groups -OCH3 is 1. The standard InChI is InChI=1S/C11H14O3S/c1-7(2)11(13)8-4-9(15-6-8)5-10(12)14-3/h4,6-7H,5H2,1-3H3. The zero-order valence-corrected chi connectivity index (χ0v) is 9.89. The topological polar surface area (TPSA) is 43.4 Å². The summed E-state index contributed by atoms with van der Waals surface area (Å²) in [6, 6.07) is 1.77. The van der Waals surface area contributed by atoms with Crippen molar-refractivity contribution in [1.82, 2.24) is 0 Å². The van der Waals surface area contributed by atoms with Crippen LogP contribution in [-0.4, -0.2) is 18.9 Å². The van der Waals surface area contributed by atoms with E-state index < -0.39 is 0 Å². The molecule has 0 unspecified atom stereocenters. The second-order valence-electron chi connectivity index (χ2n) is 3.57. The third-order valence-corrected chi connectivity index (χ3v) is 2.95. The van der Waals surface area contributed by atoms with Gasteiger partial charge >= 0.3 is 5.97 Å². The van der Waals surface area contributed by atoms with Crippen LogP contribution < -0.4 is 0 Å². The smallest absolute Gasteiger partial charge is 0.310 e. The summed E-state index contributed by atoms with van der Waals surface area (Å²) in [5.74, 6) is -0.173. The maximum absolute atomic E-state index is 11.6. The van der Waals surface area contributed by atoms with Gasteiger partial charge in [0.25, 0.3) is 0 Å². The first-order valence-electron chi connectivity index (χ1n) is 4.73. The third kappa shape index (κ3) is 3.16. The van der Waals surface area contributed by atoms with Gasteiger partial charge in [0.2, 0.25) is 0 Å². The second-order valence-corrected chi connectivity index (χ2v) is 4.57. The van der Waals surface area contributed by atoms with Gasteiger partial charge in [-0.2, -0.15) is 0 Å². The summed E-state index contributed by atoms with van der Waals surface area (Å²) in [6.07, 6.45) is 0.243. The Bertz CT molecular complexity index is 366. The maximum atomic E-state index is 11.6. The molecule has 4 heteroatoms. The van der Waals surface area contributed by atoms with E-state index in [-0.39, 0.29) is 24.1 Å². The van der Waals surface area contributed by atoms with Crippen LogP contribution in [0.3, 0.4) is 0 Å². The quantitative estimate of drug-likeness (QED) is 0.584. The number of rotatable bonds is 4. The predicted molar refractivity (Wildman–Crippen MR) is 59.2 cm³/mol. The number of hydrogen-bond donors (Lipinski definition) is 0. The summed E-state index contributed by atoms with van der Waals surface area (Å²) in [5.41, 5.74) is 0.689. The summed E-state index contributed by atoms with van der Waals surface area (Å²) in [6.45, 7) is 3.72. The van der Waals surface area contributed by atoms with E-state index in [4.69, 9.17) is 0 Å². The van der Waals surface area contributed by atoms with Gasteiger partial charge in [-0.05, 0) is 6.07 Å². The Kier molecular flexibility index (Phi) is 4.03. The number of carbonyl (C=O) groups is 2. The minimum Gasteiger partial charge on any atom is -0.469 e. The molecule has 0 aromatic carbocycles. The summed E-state index contributed by atoms with van der Waals surface area (Å²) in [4.78, 5) is 23.5. The summed E-state index contributed by atoms with van der Waals surface area (Å²) in [7, 11) is 1.36. The molecule has 82 valence electrons. The molecule has 0 aliphatic carbocycles. The number of hydrogen-bond acceptors (Lipinski definition) is 4. The van der Waals surface area contributed by atoms with E-state index in [9.17, 15) is 9.59 Å². The molecule has 1 rings (SSSR count). The molecule has 0 saturated carbocycles. The Morgan fingerprint density at radius 3 is 2.67 bits per heavy atom. The molecular weight excluding hydrogens is 212 g/mol. The lowest BCUT2D eigenvalue weighted by atomic mass is 10.0. The van der Waals surface area contributed by atoms with E-state index in [1.165, 1.54) is 18.4 Å². The highest BCUT2D eigenvalue weighted by atomic mass is 32.1. The first-order chi connectivity index (χ1) is 7.04. The van der Waals surface area contributed by atoms with Gasteiger partial charge in [0.15, 0.2) is 5.78 Å². The van der Waals surface area contributed by atoms with E-state index in [1.807, 2.05) is 13.8 Å². The zero-order valence-electron chi connectivity index (χ0n) is 9.07. The van der Waals surface area contributed by atoms with Crippen molar-refractivity contribution in [3.05, 3.63) is 21.9 Å². The van der Waals surface area contributed by atoms with Gasteiger partial charge in [0, 0.05) is 21.7 Å². The van der Waals surface area contributed by atoms with Crippen LogP contribution in [-0.2, 0) is 16.0 Å². The molecule has 0 radical (unpaired) electrons. The van der Waals surface area contributed by atoms with Crippen molar-refractivity contribution in [3.8, 4) is 0 Å². The normalized spacial score (nSPS) is 10.4. The van der Waals surface area contributed by atoms with E-state index in [1.54, 1.807) is 11.4 Å². The van der Waals surface area contributed by atoms with Crippen molar-refractivity contribution in [3.63, 3.8) is 0 Å². The van der Waals surface area contributed by atoms with Crippen LogP contribution in [0.5, 0.6) is 0 Å². The fraction of sp³-hybridized carbons (Fsp3) is 0.455. The average Bonchev–Trinajstić information content (AvgIpc) is 2.64. The summed E-state index contributed by atoms with van der Waals surface area (Å²) >= 11 is 1.42. The molecule has 0 saturated heterocycles. The first-order valence-corrected chi connectivity index (χ1v) is 5.61. The van der Waals surface area contributed by atoms with Crippen LogP contribution in [0.4, 0.5) is 0 Å². The fourth-order valence-electron chi connectivity index (χ4n) is 1.15. The number of ketones is 1.